The normalized spacial score (nSPS) is 17.9. The minimum Gasteiger partial charge on any atom is -0.363 e. The summed E-state index contributed by atoms with van der Waals surface area (Å²) in [4.78, 5) is 12.5. The van der Waals surface area contributed by atoms with Crippen molar-refractivity contribution in [2.75, 3.05) is 5.32 Å². The monoisotopic (exact) mass is 510 g/mol. The molecular formula is C25H24F6N4O. The van der Waals surface area contributed by atoms with E-state index in [-0.39, 0.29) is 36.3 Å². The number of hydrogen-bond acceptors (Lipinski definition) is 3. The summed E-state index contributed by atoms with van der Waals surface area (Å²) in [7, 11) is 0. The number of hydrogen-bond donors (Lipinski definition) is 2. The number of aryl methyl sites for hydroxylation is 1. The van der Waals surface area contributed by atoms with E-state index in [0.717, 1.165) is 28.8 Å². The number of halogens is 6. The number of benzene rings is 2. The van der Waals surface area contributed by atoms with Gasteiger partial charge in [-0.15, -0.1) is 0 Å². The number of nitrogens with zero attached hydrogens (tertiary/aromatic N) is 2. The minimum absolute atomic E-state index is 0.0994. The highest BCUT2D eigenvalue weighted by atomic mass is 19.4. The number of amides is 1. The fourth-order valence-electron chi connectivity index (χ4n) is 4.24. The Hall–Kier alpha value is -3.50. The Balaban J connectivity index is 1.51. The maximum absolute atomic E-state index is 13.9. The van der Waals surface area contributed by atoms with Crippen molar-refractivity contribution in [2.24, 2.45) is 0 Å². The van der Waals surface area contributed by atoms with Crippen LogP contribution in [0.3, 0.4) is 0 Å². The van der Waals surface area contributed by atoms with Gasteiger partial charge in [-0.2, -0.15) is 31.4 Å². The molecule has 1 aromatic heterocycles. The molecule has 2 N–H and O–H groups in total. The van der Waals surface area contributed by atoms with Gasteiger partial charge in [-0.25, -0.2) is 4.68 Å². The Labute approximate surface area is 203 Å². The predicted molar refractivity (Wildman–Crippen MR) is 121 cm³/mol. The Kier molecular flexibility index (Phi) is 7.01. The molecular weight excluding hydrogens is 486 g/mol. The maximum atomic E-state index is 13.9. The minimum atomic E-state index is -4.55. The van der Waals surface area contributed by atoms with Gasteiger partial charge >= 0.3 is 12.4 Å². The first-order chi connectivity index (χ1) is 17.0. The summed E-state index contributed by atoms with van der Waals surface area (Å²) in [6.45, 7) is 1.83. The van der Waals surface area contributed by atoms with E-state index in [9.17, 15) is 31.1 Å². The highest BCUT2D eigenvalue weighted by Crippen LogP contribution is 2.44. The molecule has 2 aromatic carbocycles. The molecule has 0 saturated carbocycles. The van der Waals surface area contributed by atoms with Gasteiger partial charge in [0.2, 0.25) is 5.91 Å². The molecule has 1 aliphatic rings. The van der Waals surface area contributed by atoms with Crippen molar-refractivity contribution in [1.82, 2.24) is 15.1 Å². The van der Waals surface area contributed by atoms with Crippen LogP contribution < -0.4 is 10.6 Å². The number of rotatable bonds is 6. The molecule has 0 fully saturated rings. The molecule has 4 rings (SSSR count). The van der Waals surface area contributed by atoms with Gasteiger partial charge in [-0.05, 0) is 35.2 Å². The van der Waals surface area contributed by atoms with E-state index < -0.39 is 35.9 Å². The summed E-state index contributed by atoms with van der Waals surface area (Å²) < 4.78 is 81.2. The maximum Gasteiger partial charge on any atom is 0.416 e. The number of aromatic nitrogens is 2. The summed E-state index contributed by atoms with van der Waals surface area (Å²) in [5.41, 5.74) is 1.43. The smallest absolute Gasteiger partial charge is 0.363 e. The largest absolute Gasteiger partial charge is 0.416 e. The van der Waals surface area contributed by atoms with E-state index in [2.05, 4.69) is 15.7 Å². The van der Waals surface area contributed by atoms with Gasteiger partial charge in [0.05, 0.1) is 24.2 Å². The molecule has 1 amide bonds. The second-order valence-electron chi connectivity index (χ2n) is 8.70. The summed E-state index contributed by atoms with van der Waals surface area (Å²) in [5, 5.41) is 9.53. The number of fused-ring (bicyclic) bond motifs is 1. The van der Waals surface area contributed by atoms with Crippen molar-refractivity contribution < 1.29 is 31.1 Å². The van der Waals surface area contributed by atoms with Crippen LogP contribution in [0, 0.1) is 0 Å². The highest BCUT2D eigenvalue weighted by molar-refractivity contribution is 5.80. The first kappa shape index (κ1) is 25.6. The average molecular weight is 510 g/mol. The van der Waals surface area contributed by atoms with Crippen LogP contribution in [0.5, 0.6) is 0 Å². The van der Waals surface area contributed by atoms with Crippen LogP contribution in [0.25, 0.3) is 0 Å². The molecule has 2 heterocycles. The van der Waals surface area contributed by atoms with Gasteiger partial charge in [-0.1, -0.05) is 43.3 Å². The second kappa shape index (κ2) is 9.87. The molecule has 0 spiro atoms. The molecule has 1 aliphatic heterocycles. The lowest BCUT2D eigenvalue weighted by Gasteiger charge is -2.34. The van der Waals surface area contributed by atoms with E-state index in [4.69, 9.17) is 0 Å². The lowest BCUT2D eigenvalue weighted by molar-refractivity contribution is -0.173. The summed E-state index contributed by atoms with van der Waals surface area (Å²) in [6.07, 6.45) is -7.58. The van der Waals surface area contributed by atoms with Gasteiger partial charge < -0.3 is 10.6 Å². The molecule has 2 atom stereocenters. The zero-order valence-corrected chi connectivity index (χ0v) is 19.2. The van der Waals surface area contributed by atoms with Crippen LogP contribution >= 0.6 is 0 Å². The van der Waals surface area contributed by atoms with Crippen molar-refractivity contribution in [1.29, 1.82) is 0 Å². The zero-order chi connectivity index (χ0) is 26.1. The highest BCUT2D eigenvalue weighted by Gasteiger charge is 2.47. The molecule has 0 saturated heterocycles. The number of carbonyl (C=O) groups is 1. The number of alkyl halides is 6. The van der Waals surface area contributed by atoms with Crippen LogP contribution in [0.4, 0.5) is 32.2 Å². The molecule has 0 aliphatic carbocycles. The molecule has 0 radical (unpaired) electrons. The van der Waals surface area contributed by atoms with Gasteiger partial charge in [0.15, 0.2) is 6.04 Å². The second-order valence-corrected chi connectivity index (χ2v) is 8.70. The number of anilines is 1. The fourth-order valence-corrected chi connectivity index (χ4v) is 4.24. The summed E-state index contributed by atoms with van der Waals surface area (Å²) >= 11 is 0. The molecule has 36 heavy (non-hydrogen) atoms. The van der Waals surface area contributed by atoms with E-state index in [1.165, 1.54) is 18.3 Å². The van der Waals surface area contributed by atoms with Gasteiger partial charge in [0.25, 0.3) is 0 Å². The Morgan fingerprint density at radius 2 is 1.81 bits per heavy atom. The van der Waals surface area contributed by atoms with Crippen molar-refractivity contribution >= 4 is 11.7 Å². The third-order valence-corrected chi connectivity index (χ3v) is 6.20. The number of carbonyl (C=O) groups excluding carboxylic acids is 1. The van der Waals surface area contributed by atoms with Crippen molar-refractivity contribution in [3.63, 3.8) is 0 Å². The topological polar surface area (TPSA) is 59.0 Å². The lowest BCUT2D eigenvalue weighted by Crippen LogP contribution is -2.36. The Morgan fingerprint density at radius 3 is 2.44 bits per heavy atom. The average Bonchev–Trinajstić information content (AvgIpc) is 3.23. The first-order valence-corrected chi connectivity index (χ1v) is 11.4. The Morgan fingerprint density at radius 1 is 1.08 bits per heavy atom. The van der Waals surface area contributed by atoms with Gasteiger partial charge in [0.1, 0.15) is 5.82 Å². The van der Waals surface area contributed by atoms with Crippen LogP contribution in [0.2, 0.25) is 0 Å². The van der Waals surface area contributed by atoms with E-state index in [0.29, 0.717) is 5.56 Å². The molecule has 3 aromatic rings. The van der Waals surface area contributed by atoms with Crippen molar-refractivity contribution in [3.8, 4) is 0 Å². The van der Waals surface area contributed by atoms with E-state index in [1.807, 2.05) is 19.1 Å². The predicted octanol–water partition coefficient (Wildman–Crippen LogP) is 5.98. The zero-order valence-electron chi connectivity index (χ0n) is 19.2. The molecule has 0 unspecified atom stereocenters. The first-order valence-electron chi connectivity index (χ1n) is 11.4. The van der Waals surface area contributed by atoms with Crippen LogP contribution in [0.15, 0.2) is 54.7 Å². The third kappa shape index (κ3) is 5.66. The van der Waals surface area contributed by atoms with Crippen LogP contribution in [-0.4, -0.2) is 21.9 Å². The van der Waals surface area contributed by atoms with Crippen molar-refractivity contribution in [3.05, 3.63) is 82.5 Å². The summed E-state index contributed by atoms with van der Waals surface area (Å²) in [6, 6.07) is 9.36. The standard InChI is InChI=1S/C25H24F6N4O/c1-2-15-6-8-17(9-7-15)20-12-21(25(29,30)31)35-23(34-20)18(14-33-35)11-22(36)32-13-16-4-3-5-19(10-16)24(26,27)28/h3-10,14,20-21,34H,2,11-13H2,1H3,(H,32,36)/t20-,21+/m1/s1. The van der Waals surface area contributed by atoms with Gasteiger partial charge in [0, 0.05) is 18.5 Å². The quantitative estimate of drug-likeness (QED) is 0.401. The third-order valence-electron chi connectivity index (χ3n) is 6.20. The Bertz CT molecular complexity index is 1220. The van der Waals surface area contributed by atoms with Crippen LogP contribution in [0.1, 0.15) is 53.2 Å². The van der Waals surface area contributed by atoms with E-state index in [1.54, 1.807) is 12.1 Å². The van der Waals surface area contributed by atoms with Gasteiger partial charge in [-0.3, -0.25) is 4.79 Å². The SMILES string of the molecule is CCc1ccc([C@H]2C[C@@H](C(F)(F)F)n3ncc(CC(=O)NCc4cccc(C(F)(F)F)c4)c3N2)cc1. The molecule has 5 nitrogen and oxygen atoms in total. The van der Waals surface area contributed by atoms with Crippen LogP contribution in [-0.2, 0) is 30.4 Å². The number of nitrogens with one attached hydrogen (secondary N) is 2. The molecule has 0 bridgehead atoms. The van der Waals surface area contributed by atoms with E-state index >= 15 is 0 Å². The lowest BCUT2D eigenvalue weighted by atomic mass is 9.95. The molecule has 11 heteroatoms. The fraction of sp³-hybridized carbons (Fsp3) is 0.360. The summed E-state index contributed by atoms with van der Waals surface area (Å²) in [5.74, 6) is -0.453. The van der Waals surface area contributed by atoms with Crippen molar-refractivity contribution in [2.45, 2.75) is 57.2 Å². The molecule has 192 valence electrons.